The summed E-state index contributed by atoms with van der Waals surface area (Å²) in [5, 5.41) is 0. The molecule has 2 unspecified atom stereocenters. The molecule has 1 fully saturated rings. The number of hydrogen-bond donors (Lipinski definition) is 0. The van der Waals surface area contributed by atoms with Gasteiger partial charge in [0.05, 0.1) is 0 Å². The molecule has 23 heavy (non-hydrogen) atoms. The van der Waals surface area contributed by atoms with Crippen LogP contribution in [0.25, 0.3) is 0 Å². The number of carbonyl (C=O) groups is 1. The van der Waals surface area contributed by atoms with Crippen molar-refractivity contribution in [1.82, 2.24) is 0 Å². The van der Waals surface area contributed by atoms with Gasteiger partial charge in [-0.2, -0.15) is 0 Å². The normalized spacial score (nSPS) is 20.9. The van der Waals surface area contributed by atoms with Gasteiger partial charge in [-0.15, -0.1) is 0 Å². The van der Waals surface area contributed by atoms with Gasteiger partial charge < -0.3 is 0 Å². The fourth-order valence-corrected chi connectivity index (χ4v) is 5.87. The molecule has 0 aromatic heterocycles. The van der Waals surface area contributed by atoms with Crippen LogP contribution < -0.4 is 4.46 Å². The first kappa shape index (κ1) is 17.0. The van der Waals surface area contributed by atoms with Gasteiger partial charge in [0, 0.05) is 0 Å². The number of carbonyl (C=O) groups excluding carboxylic acids is 1. The van der Waals surface area contributed by atoms with E-state index in [9.17, 15) is 4.79 Å². The van der Waals surface area contributed by atoms with E-state index >= 15 is 0 Å². The number of benzene rings is 2. The molecule has 120 valence electrons. The molecule has 0 radical (unpaired) electrons. The number of rotatable bonds is 4. The molecule has 1 saturated carbocycles. The Morgan fingerprint density at radius 2 is 1.70 bits per heavy atom. The van der Waals surface area contributed by atoms with Crippen LogP contribution in [0.3, 0.4) is 0 Å². The summed E-state index contributed by atoms with van der Waals surface area (Å²) in [6.45, 7) is 0. The standard InChI is InChI=1S/C19H19IO2Se/c20-15-12-10-14(11-13-15)19(21)22-17-8-4-5-9-18(17)23-16-6-2-1-3-7-16/h1-3,6-7,10-13,17-18H,4-5,8-9H2. The monoisotopic (exact) mass is 486 g/mol. The Kier molecular flexibility index (Phi) is 6.14. The van der Waals surface area contributed by atoms with Crippen molar-refractivity contribution in [2.75, 3.05) is 0 Å². The van der Waals surface area contributed by atoms with Crippen molar-refractivity contribution < 1.29 is 9.53 Å². The number of ether oxygens (including phenoxy) is 1. The van der Waals surface area contributed by atoms with E-state index in [-0.39, 0.29) is 12.1 Å². The predicted octanol–water partition coefficient (Wildman–Crippen LogP) is 4.21. The SMILES string of the molecule is O=C(OC1CCCCC1[Se]c1ccccc1)c1ccc(I)cc1. The maximum absolute atomic E-state index is 12.4. The van der Waals surface area contributed by atoms with Crippen LogP contribution in [0.4, 0.5) is 0 Å². The van der Waals surface area contributed by atoms with Crippen molar-refractivity contribution in [2.45, 2.75) is 36.6 Å². The zero-order valence-corrected chi connectivity index (χ0v) is 16.7. The third-order valence-electron chi connectivity index (χ3n) is 4.01. The Morgan fingerprint density at radius 3 is 2.43 bits per heavy atom. The summed E-state index contributed by atoms with van der Waals surface area (Å²) in [7, 11) is 0. The molecule has 2 atom stereocenters. The topological polar surface area (TPSA) is 26.3 Å². The summed E-state index contributed by atoms with van der Waals surface area (Å²) in [4.78, 5) is 12.9. The van der Waals surface area contributed by atoms with E-state index in [2.05, 4.69) is 52.9 Å². The van der Waals surface area contributed by atoms with E-state index < -0.39 is 0 Å². The van der Waals surface area contributed by atoms with Crippen LogP contribution in [0.5, 0.6) is 0 Å². The van der Waals surface area contributed by atoms with Crippen molar-refractivity contribution in [3.63, 3.8) is 0 Å². The first-order chi connectivity index (χ1) is 11.2. The number of esters is 1. The average Bonchev–Trinajstić information content (AvgIpc) is 2.58. The van der Waals surface area contributed by atoms with Gasteiger partial charge in [-0.3, -0.25) is 0 Å². The molecule has 0 saturated heterocycles. The molecule has 0 N–H and O–H groups in total. The average molecular weight is 485 g/mol. The van der Waals surface area contributed by atoms with Gasteiger partial charge in [0.2, 0.25) is 0 Å². The molecular weight excluding hydrogens is 466 g/mol. The fourth-order valence-electron chi connectivity index (χ4n) is 2.80. The van der Waals surface area contributed by atoms with Gasteiger partial charge in [0.15, 0.2) is 0 Å². The van der Waals surface area contributed by atoms with Crippen molar-refractivity contribution >= 4 is 48.0 Å². The second kappa shape index (κ2) is 8.31. The van der Waals surface area contributed by atoms with Crippen LogP contribution in [0.2, 0.25) is 4.82 Å². The van der Waals surface area contributed by atoms with Crippen LogP contribution in [-0.2, 0) is 4.74 Å². The molecule has 3 rings (SSSR count). The van der Waals surface area contributed by atoms with Crippen LogP contribution >= 0.6 is 22.6 Å². The summed E-state index contributed by atoms with van der Waals surface area (Å²) in [5.74, 6) is -0.179. The second-order valence-electron chi connectivity index (χ2n) is 5.70. The maximum atomic E-state index is 12.4. The minimum atomic E-state index is -0.179. The molecule has 0 bridgehead atoms. The summed E-state index contributed by atoms with van der Waals surface area (Å²) in [6, 6.07) is 18.2. The number of hydrogen-bond acceptors (Lipinski definition) is 2. The van der Waals surface area contributed by atoms with Gasteiger partial charge in [-0.25, -0.2) is 0 Å². The zero-order chi connectivity index (χ0) is 16.1. The number of halogens is 1. The predicted molar refractivity (Wildman–Crippen MR) is 102 cm³/mol. The van der Waals surface area contributed by atoms with Gasteiger partial charge >= 0.3 is 158 Å². The molecule has 0 spiro atoms. The Balaban J connectivity index is 1.66. The van der Waals surface area contributed by atoms with Crippen LogP contribution in [-0.4, -0.2) is 27.0 Å². The van der Waals surface area contributed by atoms with E-state index in [4.69, 9.17) is 4.74 Å². The second-order valence-corrected chi connectivity index (χ2v) is 9.70. The van der Waals surface area contributed by atoms with Crippen molar-refractivity contribution in [1.29, 1.82) is 0 Å². The Morgan fingerprint density at radius 1 is 1.00 bits per heavy atom. The molecule has 0 heterocycles. The third-order valence-corrected chi connectivity index (χ3v) is 7.64. The molecule has 0 aliphatic heterocycles. The quantitative estimate of drug-likeness (QED) is 0.369. The summed E-state index contributed by atoms with van der Waals surface area (Å²) in [6.07, 6.45) is 4.63. The van der Waals surface area contributed by atoms with E-state index in [0.29, 0.717) is 25.3 Å². The van der Waals surface area contributed by atoms with Crippen molar-refractivity contribution in [3.8, 4) is 0 Å². The van der Waals surface area contributed by atoms with E-state index in [1.807, 2.05) is 24.3 Å². The first-order valence-corrected chi connectivity index (χ1v) is 10.8. The van der Waals surface area contributed by atoms with Gasteiger partial charge in [-0.1, -0.05) is 0 Å². The molecule has 1 aliphatic carbocycles. The van der Waals surface area contributed by atoms with E-state index in [1.54, 1.807) is 0 Å². The van der Waals surface area contributed by atoms with Crippen molar-refractivity contribution in [3.05, 3.63) is 63.7 Å². The molecule has 4 heteroatoms. The molecule has 2 aromatic rings. The molecule has 0 amide bonds. The Bertz CT molecular complexity index is 642. The summed E-state index contributed by atoms with van der Waals surface area (Å²) < 4.78 is 8.39. The third kappa shape index (κ3) is 4.82. The molecule has 2 aromatic carbocycles. The van der Waals surface area contributed by atoms with E-state index in [0.717, 1.165) is 16.4 Å². The van der Waals surface area contributed by atoms with E-state index in [1.165, 1.54) is 17.3 Å². The van der Waals surface area contributed by atoms with Crippen LogP contribution in [0.1, 0.15) is 36.0 Å². The Labute approximate surface area is 157 Å². The first-order valence-electron chi connectivity index (χ1n) is 7.90. The van der Waals surface area contributed by atoms with Crippen LogP contribution in [0.15, 0.2) is 54.6 Å². The van der Waals surface area contributed by atoms with Crippen LogP contribution in [0, 0.1) is 3.57 Å². The molecule has 2 nitrogen and oxygen atoms in total. The van der Waals surface area contributed by atoms with Gasteiger partial charge in [-0.05, 0) is 0 Å². The Hall–Kier alpha value is -0.841. The fraction of sp³-hybridized carbons (Fsp3) is 0.316. The van der Waals surface area contributed by atoms with Gasteiger partial charge in [0.25, 0.3) is 0 Å². The van der Waals surface area contributed by atoms with Gasteiger partial charge in [0.1, 0.15) is 0 Å². The molecule has 1 aliphatic rings. The summed E-state index contributed by atoms with van der Waals surface area (Å²) in [5.41, 5.74) is 0.655. The molecular formula is C19H19IO2Se. The summed E-state index contributed by atoms with van der Waals surface area (Å²) >= 11 is 2.60. The van der Waals surface area contributed by atoms with Crippen molar-refractivity contribution in [2.24, 2.45) is 0 Å². The minimum absolute atomic E-state index is 0.0655. The zero-order valence-electron chi connectivity index (χ0n) is 12.8.